The normalized spacial score (nSPS) is 18.4. The second-order valence-corrected chi connectivity index (χ2v) is 8.06. The van der Waals surface area contributed by atoms with Gasteiger partial charge in [-0.05, 0) is 30.7 Å². The maximum absolute atomic E-state index is 12.7. The van der Waals surface area contributed by atoms with E-state index in [2.05, 4.69) is 9.72 Å². The van der Waals surface area contributed by atoms with Crippen LogP contribution in [0, 0.1) is 0 Å². The van der Waals surface area contributed by atoms with Gasteiger partial charge in [0, 0.05) is 25.0 Å². The quantitative estimate of drug-likeness (QED) is 0.738. The zero-order valence-corrected chi connectivity index (χ0v) is 15.3. The van der Waals surface area contributed by atoms with Crippen LogP contribution in [0.15, 0.2) is 47.6 Å². The molecule has 0 N–H and O–H groups in total. The van der Waals surface area contributed by atoms with Crippen molar-refractivity contribution in [3.63, 3.8) is 0 Å². The molecule has 1 aliphatic heterocycles. The molecule has 11 heteroatoms. The molecular weight excluding hydrogens is 409 g/mol. The Hall–Kier alpha value is -2.04. The van der Waals surface area contributed by atoms with Crippen LogP contribution in [0.2, 0.25) is 5.02 Å². The van der Waals surface area contributed by atoms with Crippen molar-refractivity contribution in [3.05, 3.63) is 47.7 Å². The number of alkyl halides is 3. The van der Waals surface area contributed by atoms with Gasteiger partial charge in [-0.2, -0.15) is 4.31 Å². The third-order valence-corrected chi connectivity index (χ3v) is 5.99. The SMILES string of the molecule is O=S(=O)(c1ccc(OC(F)(F)F)cc1)N1CC[C@@H](Oc2ccncc2Cl)C1. The van der Waals surface area contributed by atoms with Gasteiger partial charge >= 0.3 is 6.36 Å². The van der Waals surface area contributed by atoms with Crippen LogP contribution in [0.3, 0.4) is 0 Å². The van der Waals surface area contributed by atoms with E-state index in [0.29, 0.717) is 17.2 Å². The van der Waals surface area contributed by atoms with Gasteiger partial charge in [-0.3, -0.25) is 4.98 Å². The molecular formula is C16H14ClF3N2O4S. The Morgan fingerprint density at radius 1 is 1.19 bits per heavy atom. The van der Waals surface area contributed by atoms with Crippen LogP contribution in [-0.2, 0) is 10.0 Å². The summed E-state index contributed by atoms with van der Waals surface area (Å²) in [6.07, 6.45) is -1.85. The van der Waals surface area contributed by atoms with Gasteiger partial charge in [0.05, 0.1) is 11.4 Å². The highest BCUT2D eigenvalue weighted by Crippen LogP contribution is 2.29. The van der Waals surface area contributed by atoms with Crippen molar-refractivity contribution in [1.29, 1.82) is 0 Å². The first-order chi connectivity index (χ1) is 12.6. The monoisotopic (exact) mass is 422 g/mol. The van der Waals surface area contributed by atoms with Gasteiger partial charge in [-0.25, -0.2) is 8.42 Å². The number of halogens is 4. The van der Waals surface area contributed by atoms with Gasteiger partial charge in [0.25, 0.3) is 0 Å². The Kier molecular flexibility index (Phi) is 5.50. The number of benzene rings is 1. The van der Waals surface area contributed by atoms with Crippen molar-refractivity contribution in [2.75, 3.05) is 13.1 Å². The molecule has 0 radical (unpaired) electrons. The molecule has 146 valence electrons. The maximum Gasteiger partial charge on any atom is 0.573 e. The van der Waals surface area contributed by atoms with Gasteiger partial charge in [-0.15, -0.1) is 13.2 Å². The molecule has 0 unspecified atom stereocenters. The summed E-state index contributed by atoms with van der Waals surface area (Å²) in [7, 11) is -3.86. The minimum Gasteiger partial charge on any atom is -0.487 e. The zero-order valence-electron chi connectivity index (χ0n) is 13.7. The van der Waals surface area contributed by atoms with Crippen molar-refractivity contribution in [2.24, 2.45) is 0 Å². The molecule has 0 aliphatic carbocycles. The predicted molar refractivity (Wildman–Crippen MR) is 90.2 cm³/mol. The lowest BCUT2D eigenvalue weighted by Gasteiger charge is -2.18. The zero-order chi connectivity index (χ0) is 19.7. The smallest absolute Gasteiger partial charge is 0.487 e. The van der Waals surface area contributed by atoms with Crippen molar-refractivity contribution in [3.8, 4) is 11.5 Å². The Labute approximate surface area is 158 Å². The molecule has 0 amide bonds. The van der Waals surface area contributed by atoms with Crippen LogP contribution in [0.25, 0.3) is 0 Å². The average Bonchev–Trinajstić information content (AvgIpc) is 3.05. The van der Waals surface area contributed by atoms with Crippen molar-refractivity contribution < 1.29 is 31.1 Å². The number of aromatic nitrogens is 1. The average molecular weight is 423 g/mol. The topological polar surface area (TPSA) is 68.7 Å². The van der Waals surface area contributed by atoms with Crippen LogP contribution < -0.4 is 9.47 Å². The Morgan fingerprint density at radius 2 is 1.89 bits per heavy atom. The largest absolute Gasteiger partial charge is 0.573 e. The van der Waals surface area contributed by atoms with Crippen molar-refractivity contribution >= 4 is 21.6 Å². The summed E-state index contributed by atoms with van der Waals surface area (Å²) in [5.74, 6) is -0.0824. The predicted octanol–water partition coefficient (Wildman–Crippen LogP) is 3.48. The molecule has 0 spiro atoms. The van der Waals surface area contributed by atoms with E-state index in [4.69, 9.17) is 16.3 Å². The van der Waals surface area contributed by atoms with Crippen LogP contribution in [0.1, 0.15) is 6.42 Å². The molecule has 1 aliphatic rings. The van der Waals surface area contributed by atoms with Crippen LogP contribution >= 0.6 is 11.6 Å². The lowest BCUT2D eigenvalue weighted by molar-refractivity contribution is -0.274. The van der Waals surface area contributed by atoms with Gasteiger partial charge < -0.3 is 9.47 Å². The summed E-state index contributed by atoms with van der Waals surface area (Å²) in [6, 6.07) is 5.65. The maximum atomic E-state index is 12.7. The number of hydrogen-bond donors (Lipinski definition) is 0. The van der Waals surface area contributed by atoms with Gasteiger partial charge in [0.15, 0.2) is 0 Å². The third-order valence-electron chi connectivity index (χ3n) is 3.83. The lowest BCUT2D eigenvalue weighted by atomic mass is 10.3. The third kappa shape index (κ3) is 4.82. The fourth-order valence-electron chi connectivity index (χ4n) is 2.61. The van der Waals surface area contributed by atoms with E-state index >= 15 is 0 Å². The summed E-state index contributed by atoms with van der Waals surface area (Å²) in [6.45, 7) is 0.318. The van der Waals surface area contributed by atoms with Gasteiger partial charge in [0.2, 0.25) is 10.0 Å². The molecule has 1 saturated heterocycles. The Bertz CT molecular complexity index is 907. The first-order valence-electron chi connectivity index (χ1n) is 7.77. The summed E-state index contributed by atoms with van der Waals surface area (Å²) < 4.78 is 72.6. The second-order valence-electron chi connectivity index (χ2n) is 5.72. The highest BCUT2D eigenvalue weighted by molar-refractivity contribution is 7.89. The minimum absolute atomic E-state index is 0.0990. The van der Waals surface area contributed by atoms with Gasteiger partial charge in [-0.1, -0.05) is 11.6 Å². The van der Waals surface area contributed by atoms with Crippen molar-refractivity contribution in [1.82, 2.24) is 9.29 Å². The van der Waals surface area contributed by atoms with E-state index in [1.165, 1.54) is 16.7 Å². The van der Waals surface area contributed by atoms with E-state index in [0.717, 1.165) is 24.3 Å². The summed E-state index contributed by atoms with van der Waals surface area (Å²) in [5.41, 5.74) is 0. The first-order valence-corrected chi connectivity index (χ1v) is 9.59. The second kappa shape index (κ2) is 7.53. The summed E-state index contributed by atoms with van der Waals surface area (Å²) >= 11 is 5.97. The molecule has 1 atom stereocenters. The number of nitrogens with zero attached hydrogens (tertiary/aromatic N) is 2. The molecule has 0 saturated carbocycles. The minimum atomic E-state index is -4.84. The number of rotatable bonds is 5. The molecule has 27 heavy (non-hydrogen) atoms. The molecule has 1 aromatic heterocycles. The highest BCUT2D eigenvalue weighted by atomic mass is 35.5. The highest BCUT2D eigenvalue weighted by Gasteiger charge is 2.34. The molecule has 1 fully saturated rings. The molecule has 2 aromatic rings. The summed E-state index contributed by atoms with van der Waals surface area (Å²) in [4.78, 5) is 3.72. The molecule has 3 rings (SSSR count). The fourth-order valence-corrected chi connectivity index (χ4v) is 4.26. The van der Waals surface area contributed by atoms with Gasteiger partial charge in [0.1, 0.15) is 22.6 Å². The number of ether oxygens (including phenoxy) is 2. The molecule has 6 nitrogen and oxygen atoms in total. The van der Waals surface area contributed by atoms with Crippen molar-refractivity contribution in [2.45, 2.75) is 23.8 Å². The lowest BCUT2D eigenvalue weighted by Crippen LogP contribution is -2.31. The Morgan fingerprint density at radius 3 is 2.52 bits per heavy atom. The Balaban J connectivity index is 1.68. The van der Waals surface area contributed by atoms with Crippen LogP contribution in [0.4, 0.5) is 13.2 Å². The molecule has 1 aromatic carbocycles. The van der Waals surface area contributed by atoms with Crippen LogP contribution in [-0.4, -0.2) is 43.3 Å². The number of pyridine rings is 1. The number of hydrogen-bond acceptors (Lipinski definition) is 5. The standard InChI is InChI=1S/C16H14ClF3N2O4S/c17-14-9-21-7-5-15(14)25-12-6-8-22(10-12)27(23,24)13-3-1-11(2-4-13)26-16(18,19)20/h1-5,7,9,12H,6,8,10H2/t12-/m1/s1. The molecule has 2 heterocycles. The van der Waals surface area contributed by atoms with Crippen LogP contribution in [0.5, 0.6) is 11.5 Å². The van der Waals surface area contributed by atoms with E-state index in [1.54, 1.807) is 6.07 Å². The van der Waals surface area contributed by atoms with E-state index < -0.39 is 28.2 Å². The van der Waals surface area contributed by atoms with E-state index in [-0.39, 0.29) is 18.0 Å². The number of sulfonamides is 1. The molecule has 0 bridgehead atoms. The van der Waals surface area contributed by atoms with E-state index in [9.17, 15) is 21.6 Å². The van der Waals surface area contributed by atoms with E-state index in [1.807, 2.05) is 0 Å². The summed E-state index contributed by atoms with van der Waals surface area (Å²) in [5, 5.41) is 0.319. The fraction of sp³-hybridized carbons (Fsp3) is 0.312. The first kappa shape index (κ1) is 19.7.